The molecule has 0 saturated heterocycles. The fourth-order valence-corrected chi connectivity index (χ4v) is 3.31. The number of hydrogen-bond donors (Lipinski definition) is 1. The largest absolute Gasteiger partial charge is 0.503 e. The van der Waals surface area contributed by atoms with Crippen molar-refractivity contribution >= 4 is 29.0 Å². The van der Waals surface area contributed by atoms with Gasteiger partial charge in [0, 0.05) is 21.7 Å². The number of anilines is 1. The maximum atomic E-state index is 14.6. The zero-order valence-corrected chi connectivity index (χ0v) is 15.9. The third kappa shape index (κ3) is 3.35. The second-order valence-corrected chi connectivity index (χ2v) is 7.86. The number of Topliss-reactive ketones (excluding diaryl/α,β-unsaturated/α-hetero) is 1. The number of hydrogen-bond acceptors (Lipinski definition) is 3. The second kappa shape index (κ2) is 6.82. The molecule has 0 fully saturated rings. The van der Waals surface area contributed by atoms with Gasteiger partial charge in [0.25, 0.3) is 5.91 Å². The Morgan fingerprint density at radius 3 is 2.41 bits per heavy atom. The van der Waals surface area contributed by atoms with E-state index in [2.05, 4.69) is 0 Å². The molecule has 3 rings (SSSR count). The number of amides is 1. The Bertz CT molecular complexity index is 962. The molecule has 1 aliphatic rings. The van der Waals surface area contributed by atoms with Gasteiger partial charge in [0.05, 0.1) is 11.6 Å². The molecule has 2 aromatic rings. The molecule has 0 bridgehead atoms. The van der Waals surface area contributed by atoms with Gasteiger partial charge < -0.3 is 5.11 Å². The van der Waals surface area contributed by atoms with E-state index < -0.39 is 34.7 Å². The van der Waals surface area contributed by atoms with Crippen LogP contribution in [-0.2, 0) is 9.59 Å². The minimum Gasteiger partial charge on any atom is -0.503 e. The lowest BCUT2D eigenvalue weighted by Gasteiger charge is -2.29. The van der Waals surface area contributed by atoms with E-state index in [1.54, 1.807) is 45.0 Å². The standard InChI is InChI=1S/C21H19ClFNO3/c1-21(2,3)19(26)16-17(14-9-4-5-10-15(14)23)24(20(27)18(16)25)13-8-6-7-12(22)11-13/h4-11,17,25H,1-3H3. The van der Waals surface area contributed by atoms with Gasteiger partial charge in [-0.25, -0.2) is 4.39 Å². The van der Waals surface area contributed by atoms with Crippen molar-refractivity contribution in [3.05, 3.63) is 76.3 Å². The average molecular weight is 388 g/mol. The van der Waals surface area contributed by atoms with Crippen LogP contribution in [0.25, 0.3) is 0 Å². The van der Waals surface area contributed by atoms with Crippen LogP contribution in [0.15, 0.2) is 59.9 Å². The van der Waals surface area contributed by atoms with Crippen molar-refractivity contribution in [2.75, 3.05) is 4.90 Å². The van der Waals surface area contributed by atoms with Gasteiger partial charge >= 0.3 is 0 Å². The second-order valence-electron chi connectivity index (χ2n) is 7.42. The maximum Gasteiger partial charge on any atom is 0.294 e. The van der Waals surface area contributed by atoms with Crippen LogP contribution in [0.3, 0.4) is 0 Å². The first-order chi connectivity index (χ1) is 12.6. The lowest BCUT2D eigenvalue weighted by molar-refractivity contribution is -0.123. The molecule has 140 valence electrons. The first kappa shape index (κ1) is 19.1. The summed E-state index contributed by atoms with van der Waals surface area (Å²) < 4.78 is 14.6. The topological polar surface area (TPSA) is 57.6 Å². The molecule has 1 atom stereocenters. The molecular weight excluding hydrogens is 369 g/mol. The minimum absolute atomic E-state index is 0.113. The van der Waals surface area contributed by atoms with Crippen molar-refractivity contribution < 1.29 is 19.1 Å². The monoisotopic (exact) mass is 387 g/mol. The predicted octanol–water partition coefficient (Wildman–Crippen LogP) is 4.99. The molecule has 6 heteroatoms. The third-order valence-electron chi connectivity index (χ3n) is 4.42. The quantitative estimate of drug-likeness (QED) is 0.806. The Kier molecular flexibility index (Phi) is 4.82. The van der Waals surface area contributed by atoms with Crippen molar-refractivity contribution in [2.45, 2.75) is 26.8 Å². The van der Waals surface area contributed by atoms with Crippen LogP contribution in [0.5, 0.6) is 0 Å². The Labute approximate surface area is 161 Å². The van der Waals surface area contributed by atoms with E-state index in [-0.39, 0.29) is 11.1 Å². The summed E-state index contributed by atoms with van der Waals surface area (Å²) in [5.41, 5.74) is -0.485. The van der Waals surface area contributed by atoms with Gasteiger partial charge in [0.2, 0.25) is 0 Å². The van der Waals surface area contributed by atoms with Crippen molar-refractivity contribution in [3.63, 3.8) is 0 Å². The third-order valence-corrected chi connectivity index (χ3v) is 4.66. The van der Waals surface area contributed by atoms with Crippen LogP contribution in [0.1, 0.15) is 32.4 Å². The van der Waals surface area contributed by atoms with Crippen LogP contribution < -0.4 is 4.90 Å². The van der Waals surface area contributed by atoms with Gasteiger partial charge in [-0.2, -0.15) is 0 Å². The van der Waals surface area contributed by atoms with E-state index in [0.29, 0.717) is 10.7 Å². The van der Waals surface area contributed by atoms with Crippen LogP contribution in [0, 0.1) is 11.2 Å². The van der Waals surface area contributed by atoms with Crippen molar-refractivity contribution in [1.29, 1.82) is 0 Å². The summed E-state index contributed by atoms with van der Waals surface area (Å²) >= 11 is 6.05. The van der Waals surface area contributed by atoms with Crippen LogP contribution in [0.4, 0.5) is 10.1 Å². The molecule has 0 spiro atoms. The van der Waals surface area contributed by atoms with Crippen molar-refractivity contribution in [2.24, 2.45) is 5.41 Å². The summed E-state index contributed by atoms with van der Waals surface area (Å²) in [6, 6.07) is 11.2. The summed E-state index contributed by atoms with van der Waals surface area (Å²) in [6.45, 7) is 5.04. The first-order valence-corrected chi connectivity index (χ1v) is 8.82. The lowest BCUT2D eigenvalue weighted by atomic mass is 9.82. The highest BCUT2D eigenvalue weighted by molar-refractivity contribution is 6.31. The normalized spacial score (nSPS) is 17.6. The number of aliphatic hydroxyl groups excluding tert-OH is 1. The highest BCUT2D eigenvalue weighted by atomic mass is 35.5. The number of aliphatic hydroxyl groups is 1. The SMILES string of the molecule is CC(C)(C)C(=O)C1=C(O)C(=O)N(c2cccc(Cl)c2)C1c1ccccc1F. The summed E-state index contributed by atoms with van der Waals surface area (Å²) in [5, 5.41) is 10.9. The molecule has 0 radical (unpaired) electrons. The molecule has 4 nitrogen and oxygen atoms in total. The highest BCUT2D eigenvalue weighted by Crippen LogP contribution is 2.44. The Morgan fingerprint density at radius 2 is 1.81 bits per heavy atom. The molecule has 27 heavy (non-hydrogen) atoms. The number of carbonyl (C=O) groups excluding carboxylic acids is 2. The van der Waals surface area contributed by atoms with E-state index in [0.717, 1.165) is 0 Å². The zero-order valence-electron chi connectivity index (χ0n) is 15.2. The van der Waals surface area contributed by atoms with E-state index >= 15 is 0 Å². The van der Waals surface area contributed by atoms with Gasteiger partial charge in [-0.05, 0) is 24.3 Å². The number of ketones is 1. The molecule has 1 aliphatic heterocycles. The Hall–Kier alpha value is -2.66. The smallest absolute Gasteiger partial charge is 0.294 e. The lowest BCUT2D eigenvalue weighted by Crippen LogP contribution is -2.33. The van der Waals surface area contributed by atoms with Crippen LogP contribution >= 0.6 is 11.6 Å². The van der Waals surface area contributed by atoms with Crippen molar-refractivity contribution in [3.8, 4) is 0 Å². The predicted molar refractivity (Wildman–Crippen MR) is 102 cm³/mol. The van der Waals surface area contributed by atoms with E-state index in [1.807, 2.05) is 0 Å². The summed E-state index contributed by atoms with van der Waals surface area (Å²) in [7, 11) is 0. The number of rotatable bonds is 3. The first-order valence-electron chi connectivity index (χ1n) is 8.44. The Balaban J connectivity index is 2.25. The molecule has 0 aliphatic carbocycles. The average Bonchev–Trinajstić information content (AvgIpc) is 2.85. The van der Waals surface area contributed by atoms with E-state index in [4.69, 9.17) is 11.6 Å². The fourth-order valence-electron chi connectivity index (χ4n) is 3.12. The molecular formula is C21H19ClFNO3. The van der Waals surface area contributed by atoms with Gasteiger partial charge in [-0.15, -0.1) is 0 Å². The highest BCUT2D eigenvalue weighted by Gasteiger charge is 2.47. The summed E-state index contributed by atoms with van der Waals surface area (Å²) in [4.78, 5) is 27.1. The number of carbonyl (C=O) groups is 2. The molecule has 0 saturated carbocycles. The number of benzene rings is 2. The van der Waals surface area contributed by atoms with Crippen molar-refractivity contribution in [1.82, 2.24) is 0 Å². The van der Waals surface area contributed by atoms with Gasteiger partial charge in [-0.1, -0.05) is 56.6 Å². The van der Waals surface area contributed by atoms with Gasteiger partial charge in [0.15, 0.2) is 11.5 Å². The zero-order chi connectivity index (χ0) is 19.9. The Morgan fingerprint density at radius 1 is 1.15 bits per heavy atom. The molecule has 2 aromatic carbocycles. The molecule has 1 heterocycles. The van der Waals surface area contributed by atoms with E-state index in [1.165, 1.54) is 29.2 Å². The molecule has 0 aromatic heterocycles. The summed E-state index contributed by atoms with van der Waals surface area (Å²) in [6.07, 6.45) is 0. The van der Waals surface area contributed by atoms with Gasteiger partial charge in [-0.3, -0.25) is 14.5 Å². The summed E-state index contributed by atoms with van der Waals surface area (Å²) in [5.74, 6) is -2.43. The minimum atomic E-state index is -1.08. The molecule has 1 unspecified atom stereocenters. The molecule has 1 amide bonds. The maximum absolute atomic E-state index is 14.6. The van der Waals surface area contributed by atoms with Crippen LogP contribution in [0.2, 0.25) is 5.02 Å². The number of nitrogens with zero attached hydrogens (tertiary/aromatic N) is 1. The van der Waals surface area contributed by atoms with E-state index in [9.17, 15) is 19.1 Å². The fraction of sp³-hybridized carbons (Fsp3) is 0.238. The number of halogens is 2. The van der Waals surface area contributed by atoms with Gasteiger partial charge in [0.1, 0.15) is 5.82 Å². The molecule has 1 N–H and O–H groups in total. The van der Waals surface area contributed by atoms with Crippen LogP contribution in [-0.4, -0.2) is 16.8 Å².